The molecule has 0 aliphatic heterocycles. The van der Waals surface area contributed by atoms with Gasteiger partial charge in [-0.15, -0.1) is 0 Å². The molecule has 5 heteroatoms. The third kappa shape index (κ3) is 3.86. The zero-order valence-electron chi connectivity index (χ0n) is 12.0. The highest BCUT2D eigenvalue weighted by atomic mass is 19.1. The molecule has 21 heavy (non-hydrogen) atoms. The SMILES string of the molecule is COC(=O)c1ccc(CNCc2ncccc2C)cc1F. The number of aromatic nitrogens is 1. The molecular formula is C16H17FN2O2. The summed E-state index contributed by atoms with van der Waals surface area (Å²) in [5, 5.41) is 3.20. The molecule has 1 N–H and O–H groups in total. The van der Waals surface area contributed by atoms with E-state index in [9.17, 15) is 9.18 Å². The Morgan fingerprint density at radius 2 is 2.14 bits per heavy atom. The molecule has 0 saturated heterocycles. The third-order valence-corrected chi connectivity index (χ3v) is 3.18. The van der Waals surface area contributed by atoms with Gasteiger partial charge in [0.05, 0.1) is 18.4 Å². The average Bonchev–Trinajstić information content (AvgIpc) is 2.48. The largest absolute Gasteiger partial charge is 0.465 e. The molecule has 1 aromatic carbocycles. The number of aryl methyl sites for hydroxylation is 1. The van der Waals surface area contributed by atoms with E-state index in [1.54, 1.807) is 12.3 Å². The van der Waals surface area contributed by atoms with Crippen LogP contribution in [0.5, 0.6) is 0 Å². The fourth-order valence-electron chi connectivity index (χ4n) is 1.97. The zero-order valence-corrected chi connectivity index (χ0v) is 12.0. The predicted molar refractivity (Wildman–Crippen MR) is 77.3 cm³/mol. The van der Waals surface area contributed by atoms with E-state index in [1.165, 1.54) is 19.2 Å². The van der Waals surface area contributed by atoms with Crippen molar-refractivity contribution >= 4 is 5.97 Å². The van der Waals surface area contributed by atoms with Crippen molar-refractivity contribution in [2.45, 2.75) is 20.0 Å². The van der Waals surface area contributed by atoms with Gasteiger partial charge in [-0.1, -0.05) is 12.1 Å². The number of carbonyl (C=O) groups is 1. The molecule has 0 spiro atoms. The smallest absolute Gasteiger partial charge is 0.340 e. The molecule has 110 valence electrons. The summed E-state index contributed by atoms with van der Waals surface area (Å²) in [5.41, 5.74) is 2.77. The van der Waals surface area contributed by atoms with E-state index in [1.807, 2.05) is 19.1 Å². The molecule has 0 aliphatic rings. The monoisotopic (exact) mass is 288 g/mol. The number of nitrogens with one attached hydrogen (secondary N) is 1. The van der Waals surface area contributed by atoms with Crippen molar-refractivity contribution in [3.8, 4) is 0 Å². The van der Waals surface area contributed by atoms with Crippen LogP contribution in [-0.2, 0) is 17.8 Å². The fourth-order valence-corrected chi connectivity index (χ4v) is 1.97. The summed E-state index contributed by atoms with van der Waals surface area (Å²) in [6, 6.07) is 8.36. The number of benzene rings is 1. The molecule has 0 radical (unpaired) electrons. The molecule has 0 bridgehead atoms. The molecule has 2 rings (SSSR count). The molecule has 0 saturated carbocycles. The first-order valence-corrected chi connectivity index (χ1v) is 6.59. The van der Waals surface area contributed by atoms with Gasteiger partial charge >= 0.3 is 5.97 Å². The highest BCUT2D eigenvalue weighted by molar-refractivity contribution is 5.89. The summed E-state index contributed by atoms with van der Waals surface area (Å²) in [5.74, 6) is -1.24. The van der Waals surface area contributed by atoms with Gasteiger partial charge in [0, 0.05) is 19.3 Å². The zero-order chi connectivity index (χ0) is 15.2. The third-order valence-electron chi connectivity index (χ3n) is 3.18. The molecule has 2 aromatic rings. The van der Waals surface area contributed by atoms with Gasteiger partial charge in [-0.05, 0) is 36.2 Å². The van der Waals surface area contributed by atoms with E-state index in [-0.39, 0.29) is 5.56 Å². The van der Waals surface area contributed by atoms with Gasteiger partial charge in [0.15, 0.2) is 0 Å². The number of methoxy groups -OCH3 is 1. The Morgan fingerprint density at radius 3 is 2.81 bits per heavy atom. The number of nitrogens with zero attached hydrogens (tertiary/aromatic N) is 1. The Labute approximate surface area is 123 Å². The quantitative estimate of drug-likeness (QED) is 0.859. The standard InChI is InChI=1S/C16H17FN2O2/c1-11-4-3-7-19-15(11)10-18-9-12-5-6-13(14(17)8-12)16(20)21-2/h3-8,18H,9-10H2,1-2H3. The first-order chi connectivity index (χ1) is 10.1. The summed E-state index contributed by atoms with van der Waals surface area (Å²) < 4.78 is 18.3. The van der Waals surface area contributed by atoms with Crippen molar-refractivity contribution in [1.29, 1.82) is 0 Å². The maximum absolute atomic E-state index is 13.8. The van der Waals surface area contributed by atoms with Crippen LogP contribution in [0, 0.1) is 12.7 Å². The van der Waals surface area contributed by atoms with E-state index in [4.69, 9.17) is 0 Å². The Kier molecular flexibility index (Phi) is 5.00. The Balaban J connectivity index is 1.97. The van der Waals surface area contributed by atoms with Crippen molar-refractivity contribution in [1.82, 2.24) is 10.3 Å². The lowest BCUT2D eigenvalue weighted by atomic mass is 10.1. The van der Waals surface area contributed by atoms with Crippen molar-refractivity contribution < 1.29 is 13.9 Å². The minimum atomic E-state index is -0.670. The highest BCUT2D eigenvalue weighted by Crippen LogP contribution is 2.12. The lowest BCUT2D eigenvalue weighted by Crippen LogP contribution is -2.15. The van der Waals surface area contributed by atoms with Gasteiger partial charge in [-0.2, -0.15) is 0 Å². The Hall–Kier alpha value is -2.27. The molecule has 1 heterocycles. The molecule has 0 amide bonds. The topological polar surface area (TPSA) is 51.2 Å². The van der Waals surface area contributed by atoms with Gasteiger partial charge in [0.2, 0.25) is 0 Å². The summed E-state index contributed by atoms with van der Waals surface area (Å²) in [7, 11) is 1.23. The summed E-state index contributed by atoms with van der Waals surface area (Å²) in [6.07, 6.45) is 1.74. The Morgan fingerprint density at radius 1 is 1.33 bits per heavy atom. The molecule has 0 unspecified atom stereocenters. The average molecular weight is 288 g/mol. The number of pyridine rings is 1. The van der Waals surface area contributed by atoms with Gasteiger partial charge in [0.25, 0.3) is 0 Å². The minimum absolute atomic E-state index is 0.0539. The first kappa shape index (κ1) is 15.1. The fraction of sp³-hybridized carbons (Fsp3) is 0.250. The summed E-state index contributed by atoms with van der Waals surface area (Å²) in [6.45, 7) is 3.09. The second-order valence-electron chi connectivity index (χ2n) is 4.68. The number of halogens is 1. The number of hydrogen-bond acceptors (Lipinski definition) is 4. The number of carbonyl (C=O) groups excluding carboxylic acids is 1. The predicted octanol–water partition coefficient (Wildman–Crippen LogP) is 2.61. The van der Waals surface area contributed by atoms with Crippen molar-refractivity contribution in [2.75, 3.05) is 7.11 Å². The molecule has 0 atom stereocenters. The number of esters is 1. The van der Waals surface area contributed by atoms with E-state index < -0.39 is 11.8 Å². The van der Waals surface area contributed by atoms with Crippen LogP contribution in [-0.4, -0.2) is 18.1 Å². The Bertz CT molecular complexity index is 644. The van der Waals surface area contributed by atoms with Gasteiger partial charge < -0.3 is 10.1 Å². The van der Waals surface area contributed by atoms with E-state index >= 15 is 0 Å². The van der Waals surface area contributed by atoms with Crippen LogP contribution in [0.2, 0.25) is 0 Å². The van der Waals surface area contributed by atoms with E-state index in [0.29, 0.717) is 13.1 Å². The number of ether oxygens (including phenoxy) is 1. The summed E-state index contributed by atoms with van der Waals surface area (Å²) >= 11 is 0. The van der Waals surface area contributed by atoms with E-state index in [0.717, 1.165) is 16.8 Å². The van der Waals surface area contributed by atoms with Crippen LogP contribution >= 0.6 is 0 Å². The maximum atomic E-state index is 13.8. The van der Waals surface area contributed by atoms with Crippen LogP contribution < -0.4 is 5.32 Å². The molecule has 0 aliphatic carbocycles. The molecule has 4 nitrogen and oxygen atoms in total. The first-order valence-electron chi connectivity index (χ1n) is 6.59. The van der Waals surface area contributed by atoms with Crippen molar-refractivity contribution in [3.05, 3.63) is 64.7 Å². The lowest BCUT2D eigenvalue weighted by Gasteiger charge is -2.08. The normalized spacial score (nSPS) is 10.4. The number of hydrogen-bond donors (Lipinski definition) is 1. The van der Waals surface area contributed by atoms with Crippen LogP contribution in [0.25, 0.3) is 0 Å². The molecule has 1 aromatic heterocycles. The molecular weight excluding hydrogens is 271 g/mol. The second kappa shape index (κ2) is 6.95. The van der Waals surface area contributed by atoms with Crippen LogP contribution in [0.3, 0.4) is 0 Å². The van der Waals surface area contributed by atoms with E-state index in [2.05, 4.69) is 15.0 Å². The molecule has 0 fully saturated rings. The maximum Gasteiger partial charge on any atom is 0.340 e. The minimum Gasteiger partial charge on any atom is -0.465 e. The van der Waals surface area contributed by atoms with Crippen LogP contribution in [0.15, 0.2) is 36.5 Å². The number of rotatable bonds is 5. The van der Waals surface area contributed by atoms with Gasteiger partial charge in [-0.3, -0.25) is 4.98 Å². The highest BCUT2D eigenvalue weighted by Gasteiger charge is 2.12. The van der Waals surface area contributed by atoms with Gasteiger partial charge in [0.1, 0.15) is 5.82 Å². The van der Waals surface area contributed by atoms with Gasteiger partial charge in [-0.25, -0.2) is 9.18 Å². The van der Waals surface area contributed by atoms with Crippen LogP contribution in [0.4, 0.5) is 4.39 Å². The summed E-state index contributed by atoms with van der Waals surface area (Å²) in [4.78, 5) is 15.6. The van der Waals surface area contributed by atoms with Crippen molar-refractivity contribution in [3.63, 3.8) is 0 Å². The van der Waals surface area contributed by atoms with Crippen molar-refractivity contribution in [2.24, 2.45) is 0 Å². The lowest BCUT2D eigenvalue weighted by molar-refractivity contribution is 0.0595. The van der Waals surface area contributed by atoms with Crippen LogP contribution in [0.1, 0.15) is 27.2 Å². The second-order valence-corrected chi connectivity index (χ2v) is 4.68.